The number of hydrogen-bond acceptors (Lipinski definition) is 7. The number of nitrogens with zero attached hydrogens (tertiary/aromatic N) is 2. The molecule has 1 aliphatic heterocycles. The average molecular weight is 468 g/mol. The summed E-state index contributed by atoms with van der Waals surface area (Å²) in [6, 6.07) is 12.7. The number of phenols is 1. The van der Waals surface area contributed by atoms with Crippen LogP contribution in [0.25, 0.3) is 0 Å². The number of methoxy groups -OCH3 is 1. The van der Waals surface area contributed by atoms with Crippen LogP contribution >= 0.6 is 11.8 Å². The molecular weight excluding hydrogens is 442 g/mol. The lowest BCUT2D eigenvalue weighted by Gasteiger charge is -2.18. The normalized spacial score (nSPS) is 15.5. The molecule has 9 heteroatoms. The van der Waals surface area contributed by atoms with Gasteiger partial charge in [0.1, 0.15) is 5.56 Å². The molecule has 2 heterocycles. The van der Waals surface area contributed by atoms with Crippen LogP contribution in [-0.4, -0.2) is 32.6 Å². The number of aromatic nitrogens is 2. The van der Waals surface area contributed by atoms with Crippen LogP contribution in [0.3, 0.4) is 0 Å². The second kappa shape index (κ2) is 9.58. The molecule has 0 aliphatic carbocycles. The highest BCUT2D eigenvalue weighted by molar-refractivity contribution is 7.99. The zero-order valence-corrected chi connectivity index (χ0v) is 19.2. The van der Waals surface area contributed by atoms with E-state index in [-0.39, 0.29) is 22.4 Å². The van der Waals surface area contributed by atoms with Crippen LogP contribution in [0.4, 0.5) is 5.69 Å². The van der Waals surface area contributed by atoms with E-state index >= 15 is 0 Å². The van der Waals surface area contributed by atoms with Gasteiger partial charge in [0.25, 0.3) is 5.56 Å². The molecule has 172 valence electrons. The maximum Gasteiger partial charge on any atom is 0.331 e. The first-order chi connectivity index (χ1) is 15.9. The summed E-state index contributed by atoms with van der Waals surface area (Å²) >= 11 is 1.57. The van der Waals surface area contributed by atoms with Crippen LogP contribution in [0.5, 0.6) is 17.4 Å². The Kier molecular flexibility index (Phi) is 6.60. The number of phenolic OH excluding ortho intramolecular Hbond substituents is 1. The summed E-state index contributed by atoms with van der Waals surface area (Å²) in [5.74, 6) is 0.00607. The Balaban J connectivity index is 1.87. The minimum absolute atomic E-state index is 0.00116. The number of hydrogen-bond donors (Lipinski definition) is 3. The Morgan fingerprint density at radius 1 is 1.21 bits per heavy atom. The largest absolute Gasteiger partial charge is 0.504 e. The van der Waals surface area contributed by atoms with E-state index in [0.29, 0.717) is 36.5 Å². The first-order valence-electron chi connectivity index (χ1n) is 10.7. The number of aromatic hydroxyl groups is 2. The third-order valence-electron chi connectivity index (χ3n) is 5.54. The Bertz CT molecular complexity index is 1330. The molecule has 1 aliphatic rings. The third kappa shape index (κ3) is 4.54. The number of nitrogens with one attached hydrogen (secondary N) is 1. The molecule has 33 heavy (non-hydrogen) atoms. The van der Waals surface area contributed by atoms with Gasteiger partial charge in [0.2, 0.25) is 5.88 Å². The number of para-hydroxylation sites is 1. The van der Waals surface area contributed by atoms with Crippen LogP contribution in [0.15, 0.2) is 61.9 Å². The second-order valence-corrected chi connectivity index (χ2v) is 8.98. The SMILES string of the molecule is CCCCn1c(O)c(C2=Nc3ccccc3S[C@H](c3ccc(O)c(OC)c3)C2)c(=O)[nH]c1=O. The molecule has 3 N–H and O–H groups in total. The van der Waals surface area contributed by atoms with Gasteiger partial charge in [-0.2, -0.15) is 0 Å². The van der Waals surface area contributed by atoms with Crippen LogP contribution in [0, 0.1) is 0 Å². The number of benzene rings is 2. The molecule has 0 spiro atoms. The van der Waals surface area contributed by atoms with E-state index in [1.54, 1.807) is 30.0 Å². The van der Waals surface area contributed by atoms with Gasteiger partial charge in [-0.25, -0.2) is 4.79 Å². The van der Waals surface area contributed by atoms with Gasteiger partial charge in [0.05, 0.1) is 18.5 Å². The molecule has 0 saturated heterocycles. The van der Waals surface area contributed by atoms with Crippen LogP contribution in [-0.2, 0) is 6.54 Å². The Morgan fingerprint density at radius 3 is 2.76 bits per heavy atom. The van der Waals surface area contributed by atoms with Crippen LogP contribution in [0.1, 0.15) is 42.6 Å². The fourth-order valence-corrected chi connectivity index (χ4v) is 5.01. The van der Waals surface area contributed by atoms with Crippen molar-refractivity contribution < 1.29 is 14.9 Å². The highest BCUT2D eigenvalue weighted by Gasteiger charge is 2.27. The van der Waals surface area contributed by atoms with Crippen LogP contribution < -0.4 is 16.0 Å². The van der Waals surface area contributed by atoms with Crippen molar-refractivity contribution in [3.63, 3.8) is 0 Å². The predicted octanol–water partition coefficient (Wildman–Crippen LogP) is 4.11. The Labute approximate surface area is 194 Å². The van der Waals surface area contributed by atoms with Gasteiger partial charge in [0, 0.05) is 23.1 Å². The fourth-order valence-electron chi connectivity index (χ4n) is 3.79. The van der Waals surface area contributed by atoms with E-state index in [1.165, 1.54) is 11.7 Å². The van der Waals surface area contributed by atoms with E-state index in [0.717, 1.165) is 16.9 Å². The number of rotatable bonds is 6. The third-order valence-corrected chi connectivity index (χ3v) is 6.86. The van der Waals surface area contributed by atoms with E-state index in [1.807, 2.05) is 31.2 Å². The number of thioether (sulfide) groups is 1. The zero-order chi connectivity index (χ0) is 23.5. The van der Waals surface area contributed by atoms with Gasteiger partial charge in [-0.1, -0.05) is 31.5 Å². The number of fused-ring (bicyclic) bond motifs is 1. The number of H-pyrrole nitrogens is 1. The summed E-state index contributed by atoms with van der Waals surface area (Å²) in [4.78, 5) is 33.1. The molecule has 4 rings (SSSR count). The lowest BCUT2D eigenvalue weighted by molar-refractivity contribution is 0.373. The molecule has 0 fully saturated rings. The molecule has 0 saturated carbocycles. The predicted molar refractivity (Wildman–Crippen MR) is 128 cm³/mol. The van der Waals surface area contributed by atoms with E-state index in [4.69, 9.17) is 9.73 Å². The lowest BCUT2D eigenvalue weighted by Crippen LogP contribution is -2.34. The number of aliphatic imine (C=N–C) groups is 1. The second-order valence-electron chi connectivity index (χ2n) is 7.73. The molecule has 0 bridgehead atoms. The van der Waals surface area contributed by atoms with Crippen molar-refractivity contribution in [2.24, 2.45) is 4.99 Å². The molecule has 3 aromatic rings. The molecule has 8 nitrogen and oxygen atoms in total. The lowest BCUT2D eigenvalue weighted by atomic mass is 10.0. The molecule has 1 aromatic heterocycles. The van der Waals surface area contributed by atoms with Gasteiger partial charge in [-0.15, -0.1) is 11.8 Å². The van der Waals surface area contributed by atoms with Gasteiger partial charge >= 0.3 is 5.69 Å². The highest BCUT2D eigenvalue weighted by Crippen LogP contribution is 2.46. The summed E-state index contributed by atoms with van der Waals surface area (Å²) in [6.07, 6.45) is 1.83. The minimum atomic E-state index is -0.671. The summed E-state index contributed by atoms with van der Waals surface area (Å²) in [7, 11) is 1.48. The van der Waals surface area contributed by atoms with Crippen molar-refractivity contribution in [2.75, 3.05) is 7.11 Å². The summed E-state index contributed by atoms with van der Waals surface area (Å²) in [5.41, 5.74) is 0.617. The number of aromatic amines is 1. The average Bonchev–Trinajstić information content (AvgIpc) is 2.98. The molecular formula is C24H25N3O5S. The van der Waals surface area contributed by atoms with Crippen molar-refractivity contribution in [1.82, 2.24) is 9.55 Å². The molecule has 1 atom stereocenters. The summed E-state index contributed by atoms with van der Waals surface area (Å²) in [5, 5.41) is 20.8. The summed E-state index contributed by atoms with van der Waals surface area (Å²) in [6.45, 7) is 2.27. The van der Waals surface area contributed by atoms with Crippen molar-refractivity contribution in [2.45, 2.75) is 42.9 Å². The number of ether oxygens (including phenoxy) is 1. The van der Waals surface area contributed by atoms with E-state index in [9.17, 15) is 19.8 Å². The monoisotopic (exact) mass is 467 g/mol. The van der Waals surface area contributed by atoms with Crippen LogP contribution in [0.2, 0.25) is 0 Å². The van der Waals surface area contributed by atoms with E-state index < -0.39 is 11.2 Å². The quantitative estimate of drug-likeness (QED) is 0.502. The smallest absolute Gasteiger partial charge is 0.331 e. The maximum absolute atomic E-state index is 12.8. The maximum atomic E-state index is 12.8. The van der Waals surface area contributed by atoms with Gasteiger partial charge < -0.3 is 14.9 Å². The summed E-state index contributed by atoms with van der Waals surface area (Å²) < 4.78 is 6.46. The first-order valence-corrected chi connectivity index (χ1v) is 11.6. The molecule has 0 radical (unpaired) electrons. The Hall–Kier alpha value is -3.46. The van der Waals surface area contributed by atoms with Crippen molar-refractivity contribution in [3.8, 4) is 17.4 Å². The highest BCUT2D eigenvalue weighted by atomic mass is 32.2. The zero-order valence-electron chi connectivity index (χ0n) is 18.4. The van der Waals surface area contributed by atoms with Crippen molar-refractivity contribution in [3.05, 3.63) is 74.4 Å². The molecule has 0 amide bonds. The van der Waals surface area contributed by atoms with Gasteiger partial charge in [-0.3, -0.25) is 19.3 Å². The molecule has 0 unspecified atom stereocenters. The minimum Gasteiger partial charge on any atom is -0.504 e. The molecule has 2 aromatic carbocycles. The van der Waals surface area contributed by atoms with Crippen molar-refractivity contribution >= 4 is 23.2 Å². The fraction of sp³-hybridized carbons (Fsp3) is 0.292. The van der Waals surface area contributed by atoms with Gasteiger partial charge in [0.15, 0.2) is 11.5 Å². The topological polar surface area (TPSA) is 117 Å². The number of unbranched alkanes of at least 4 members (excludes halogenated alkanes) is 1. The Morgan fingerprint density at radius 2 is 2.00 bits per heavy atom. The standard InChI is InChI=1S/C24H25N3O5S/c1-3-4-11-27-23(30)21(22(29)26-24(27)31)16-13-20(14-9-10-17(28)18(12-14)32-2)33-19-8-6-5-7-15(19)25-16/h5-10,12,20,28,30H,3-4,11,13H2,1-2H3,(H,26,29,31)/t20-/m0/s1. The van der Waals surface area contributed by atoms with Gasteiger partial charge in [-0.05, 0) is 36.2 Å². The first kappa shape index (κ1) is 22.7. The van der Waals surface area contributed by atoms with Crippen molar-refractivity contribution in [1.29, 1.82) is 0 Å². The van der Waals surface area contributed by atoms with E-state index in [2.05, 4.69) is 4.98 Å².